The molecular formula is C28H28N2O5. The molecule has 0 atom stereocenters. The Hall–Kier alpha value is -4.26. The van der Waals surface area contributed by atoms with Crippen LogP contribution in [0.15, 0.2) is 77.6 Å². The first-order valence-corrected chi connectivity index (χ1v) is 11.3. The van der Waals surface area contributed by atoms with E-state index in [1.165, 1.54) is 0 Å². The second kappa shape index (κ2) is 10.8. The predicted octanol–water partition coefficient (Wildman–Crippen LogP) is 4.44. The van der Waals surface area contributed by atoms with E-state index in [9.17, 15) is 9.59 Å². The van der Waals surface area contributed by atoms with E-state index in [4.69, 9.17) is 14.2 Å². The van der Waals surface area contributed by atoms with Crippen LogP contribution in [0, 0.1) is 0 Å². The van der Waals surface area contributed by atoms with E-state index in [0.717, 1.165) is 10.9 Å². The van der Waals surface area contributed by atoms with Gasteiger partial charge in [-0.1, -0.05) is 36.4 Å². The quantitative estimate of drug-likeness (QED) is 0.390. The molecule has 1 N–H and O–H groups in total. The van der Waals surface area contributed by atoms with Gasteiger partial charge in [-0.2, -0.15) is 0 Å². The monoisotopic (exact) mass is 472 g/mol. The van der Waals surface area contributed by atoms with Crippen LogP contribution in [-0.2, 0) is 13.0 Å². The number of nitrogens with zero attached hydrogens (tertiary/aromatic N) is 1. The summed E-state index contributed by atoms with van der Waals surface area (Å²) in [5.74, 6) is 1.52. The second-order valence-electron chi connectivity index (χ2n) is 8.11. The highest BCUT2D eigenvalue weighted by Crippen LogP contribution is 2.31. The average molecular weight is 473 g/mol. The zero-order valence-electron chi connectivity index (χ0n) is 20.0. The molecule has 180 valence electrons. The lowest BCUT2D eigenvalue weighted by molar-refractivity contribution is 0.0744. The SMILES string of the molecule is COc1cccc(C(=O)N(CCc2ccccc2)Cc2cc3cc(OC)c(OC)cc3[nH]c2=O)c1. The van der Waals surface area contributed by atoms with Gasteiger partial charge >= 0.3 is 0 Å². The molecule has 0 unspecified atom stereocenters. The fraction of sp³-hybridized carbons (Fsp3) is 0.214. The Morgan fingerprint density at radius 1 is 0.857 bits per heavy atom. The summed E-state index contributed by atoms with van der Waals surface area (Å²) in [5.41, 5.74) is 2.47. The number of carbonyl (C=O) groups is 1. The number of ether oxygens (including phenoxy) is 3. The van der Waals surface area contributed by atoms with Crippen molar-refractivity contribution in [2.75, 3.05) is 27.9 Å². The Balaban J connectivity index is 1.69. The molecule has 4 aromatic rings. The summed E-state index contributed by atoms with van der Waals surface area (Å²) < 4.78 is 16.0. The van der Waals surface area contributed by atoms with Gasteiger partial charge in [-0.25, -0.2) is 0 Å². The maximum atomic E-state index is 13.5. The summed E-state index contributed by atoms with van der Waals surface area (Å²) in [7, 11) is 4.67. The van der Waals surface area contributed by atoms with Crippen molar-refractivity contribution in [3.8, 4) is 17.2 Å². The molecule has 4 rings (SSSR count). The molecule has 1 aromatic heterocycles. The van der Waals surface area contributed by atoms with E-state index in [1.807, 2.05) is 36.4 Å². The molecule has 3 aromatic carbocycles. The molecule has 0 aliphatic carbocycles. The normalized spacial score (nSPS) is 10.7. The number of carbonyl (C=O) groups excluding carboxylic acids is 1. The van der Waals surface area contributed by atoms with E-state index in [2.05, 4.69) is 4.98 Å². The Morgan fingerprint density at radius 2 is 1.60 bits per heavy atom. The lowest BCUT2D eigenvalue weighted by Crippen LogP contribution is -2.34. The van der Waals surface area contributed by atoms with Crippen molar-refractivity contribution in [2.24, 2.45) is 0 Å². The van der Waals surface area contributed by atoms with Gasteiger partial charge in [0.1, 0.15) is 5.75 Å². The van der Waals surface area contributed by atoms with Gasteiger partial charge in [-0.3, -0.25) is 9.59 Å². The van der Waals surface area contributed by atoms with Gasteiger partial charge in [0.15, 0.2) is 11.5 Å². The van der Waals surface area contributed by atoms with Crippen molar-refractivity contribution in [1.82, 2.24) is 9.88 Å². The first-order valence-electron chi connectivity index (χ1n) is 11.3. The number of aromatic amines is 1. The number of fused-ring (bicyclic) bond motifs is 1. The minimum Gasteiger partial charge on any atom is -0.497 e. The van der Waals surface area contributed by atoms with E-state index >= 15 is 0 Å². The largest absolute Gasteiger partial charge is 0.497 e. The molecule has 0 radical (unpaired) electrons. The third-order valence-electron chi connectivity index (χ3n) is 5.90. The van der Waals surface area contributed by atoms with Crippen molar-refractivity contribution in [3.63, 3.8) is 0 Å². The number of H-pyrrole nitrogens is 1. The number of aromatic nitrogens is 1. The fourth-order valence-electron chi connectivity index (χ4n) is 4.00. The molecule has 1 amide bonds. The Morgan fingerprint density at radius 3 is 2.31 bits per heavy atom. The van der Waals surface area contributed by atoms with Crippen LogP contribution in [0.1, 0.15) is 21.5 Å². The molecular weight excluding hydrogens is 444 g/mol. The predicted molar refractivity (Wildman–Crippen MR) is 136 cm³/mol. The summed E-state index contributed by atoms with van der Waals surface area (Å²) in [6.45, 7) is 0.603. The van der Waals surface area contributed by atoms with Crippen LogP contribution in [0.25, 0.3) is 10.9 Å². The van der Waals surface area contributed by atoms with Crippen molar-refractivity contribution in [3.05, 3.63) is 99.8 Å². The number of methoxy groups -OCH3 is 3. The minimum absolute atomic E-state index is 0.155. The average Bonchev–Trinajstić information content (AvgIpc) is 2.90. The molecule has 0 fully saturated rings. The van der Waals surface area contributed by atoms with E-state index in [0.29, 0.717) is 46.9 Å². The lowest BCUT2D eigenvalue weighted by Gasteiger charge is -2.23. The molecule has 7 nitrogen and oxygen atoms in total. The molecule has 0 saturated carbocycles. The standard InChI is InChI=1S/C28H28N2O5/c1-33-23-11-7-10-20(15-23)28(32)30(13-12-19-8-5-4-6-9-19)18-22-14-21-16-25(34-2)26(35-3)17-24(21)29-27(22)31/h4-11,14-17H,12-13,18H2,1-3H3,(H,29,31). The van der Waals surface area contributed by atoms with Crippen LogP contribution in [-0.4, -0.2) is 43.7 Å². The number of hydrogen-bond acceptors (Lipinski definition) is 5. The van der Waals surface area contributed by atoms with Gasteiger partial charge in [-0.15, -0.1) is 0 Å². The number of amides is 1. The van der Waals surface area contributed by atoms with Crippen LogP contribution >= 0.6 is 0 Å². The highest BCUT2D eigenvalue weighted by molar-refractivity contribution is 5.94. The molecule has 1 heterocycles. The second-order valence-corrected chi connectivity index (χ2v) is 8.11. The van der Waals surface area contributed by atoms with Crippen LogP contribution < -0.4 is 19.8 Å². The molecule has 0 saturated heterocycles. The smallest absolute Gasteiger partial charge is 0.254 e. The Kier molecular flexibility index (Phi) is 7.35. The number of pyridine rings is 1. The van der Waals surface area contributed by atoms with Crippen molar-refractivity contribution < 1.29 is 19.0 Å². The first kappa shape index (κ1) is 23.9. The Bertz CT molecular complexity index is 1380. The maximum Gasteiger partial charge on any atom is 0.254 e. The van der Waals surface area contributed by atoms with Crippen molar-refractivity contribution in [2.45, 2.75) is 13.0 Å². The molecule has 35 heavy (non-hydrogen) atoms. The number of hydrogen-bond donors (Lipinski definition) is 1. The third-order valence-corrected chi connectivity index (χ3v) is 5.90. The maximum absolute atomic E-state index is 13.5. The van der Waals surface area contributed by atoms with Gasteiger partial charge < -0.3 is 24.1 Å². The third kappa shape index (κ3) is 5.46. The highest BCUT2D eigenvalue weighted by atomic mass is 16.5. The minimum atomic E-state index is -0.257. The molecule has 0 bridgehead atoms. The van der Waals surface area contributed by atoms with Crippen molar-refractivity contribution in [1.29, 1.82) is 0 Å². The molecule has 7 heteroatoms. The highest BCUT2D eigenvalue weighted by Gasteiger charge is 2.19. The van der Waals surface area contributed by atoms with Gasteiger partial charge in [0.05, 0.1) is 33.4 Å². The summed E-state index contributed by atoms with van der Waals surface area (Å²) >= 11 is 0. The Labute approximate surface area is 203 Å². The zero-order chi connectivity index (χ0) is 24.8. The molecule has 0 spiro atoms. The molecule has 0 aliphatic heterocycles. The first-order chi connectivity index (χ1) is 17.0. The number of rotatable bonds is 9. The van der Waals surface area contributed by atoms with Gasteiger partial charge in [-0.05, 0) is 42.3 Å². The summed E-state index contributed by atoms with van der Waals surface area (Å²) in [4.78, 5) is 31.1. The zero-order valence-corrected chi connectivity index (χ0v) is 20.0. The number of nitrogens with one attached hydrogen (secondary N) is 1. The van der Waals surface area contributed by atoms with Crippen LogP contribution in [0.2, 0.25) is 0 Å². The molecule has 0 aliphatic rings. The topological polar surface area (TPSA) is 80.9 Å². The van der Waals surface area contributed by atoms with Crippen molar-refractivity contribution >= 4 is 16.8 Å². The number of benzene rings is 3. The fourth-order valence-corrected chi connectivity index (χ4v) is 4.00. The van der Waals surface area contributed by atoms with Crippen LogP contribution in [0.3, 0.4) is 0 Å². The van der Waals surface area contributed by atoms with Gasteiger partial charge in [0.25, 0.3) is 11.5 Å². The van der Waals surface area contributed by atoms with E-state index < -0.39 is 0 Å². The van der Waals surface area contributed by atoms with Gasteiger partial charge in [0, 0.05) is 29.1 Å². The van der Waals surface area contributed by atoms with Crippen LogP contribution in [0.5, 0.6) is 17.2 Å². The van der Waals surface area contributed by atoms with E-state index in [-0.39, 0.29) is 18.0 Å². The van der Waals surface area contributed by atoms with E-state index in [1.54, 1.807) is 62.6 Å². The summed E-state index contributed by atoms with van der Waals surface area (Å²) in [5, 5.41) is 0.786. The summed E-state index contributed by atoms with van der Waals surface area (Å²) in [6.07, 6.45) is 0.660. The summed E-state index contributed by atoms with van der Waals surface area (Å²) in [6, 6.07) is 22.3. The van der Waals surface area contributed by atoms with Crippen LogP contribution in [0.4, 0.5) is 0 Å². The van der Waals surface area contributed by atoms with Gasteiger partial charge in [0.2, 0.25) is 0 Å². The lowest BCUT2D eigenvalue weighted by atomic mass is 10.1.